The van der Waals surface area contributed by atoms with Crippen molar-refractivity contribution in [1.82, 2.24) is 4.90 Å². The molecule has 2 unspecified atom stereocenters. The highest BCUT2D eigenvalue weighted by molar-refractivity contribution is 14.1. The van der Waals surface area contributed by atoms with Crippen LogP contribution < -0.4 is 5.73 Å². The maximum absolute atomic E-state index is 11.5. The van der Waals surface area contributed by atoms with Crippen molar-refractivity contribution in [3.05, 3.63) is 0 Å². The lowest BCUT2D eigenvalue weighted by Gasteiger charge is -2.12. The van der Waals surface area contributed by atoms with Crippen molar-refractivity contribution in [2.45, 2.75) is 12.1 Å². The molecule has 2 N–H and O–H groups in total. The highest BCUT2D eigenvalue weighted by Crippen LogP contribution is 2.29. The summed E-state index contributed by atoms with van der Waals surface area (Å²) in [4.78, 5) is 26.0. The first-order valence-electron chi connectivity index (χ1n) is 3.93. The monoisotopic (exact) mass is 311 g/mol. The van der Waals surface area contributed by atoms with Crippen LogP contribution in [0.5, 0.6) is 0 Å². The van der Waals surface area contributed by atoms with Gasteiger partial charge in [-0.1, -0.05) is 0 Å². The van der Waals surface area contributed by atoms with E-state index in [1.165, 1.54) is 4.90 Å². The first-order valence-corrected chi connectivity index (χ1v) is 6.33. The average Bonchev–Trinajstić information content (AvgIpc) is 2.34. The van der Waals surface area contributed by atoms with Crippen LogP contribution in [0.25, 0.3) is 0 Å². The number of hydrogen-bond acceptors (Lipinski definition) is 3. The molecule has 0 aromatic heterocycles. The lowest BCUT2D eigenvalue weighted by atomic mass is 10.3. The van der Waals surface area contributed by atoms with Crippen molar-refractivity contribution < 1.29 is 9.59 Å². The molecule has 71 valence electrons. The van der Waals surface area contributed by atoms with Crippen molar-refractivity contribution in [2.75, 3.05) is 13.1 Å². The zero-order valence-corrected chi connectivity index (χ0v) is 10.2. The highest BCUT2D eigenvalue weighted by Gasteiger charge is 2.37. The van der Waals surface area contributed by atoms with Crippen LogP contribution in [0.3, 0.4) is 0 Å². The van der Waals surface area contributed by atoms with Gasteiger partial charge in [0.2, 0.25) is 16.7 Å². The summed E-state index contributed by atoms with van der Waals surface area (Å²) < 4.78 is 0. The second-order valence-electron chi connectivity index (χ2n) is 2.70. The number of nitrogens with zero attached hydrogens (tertiary/aromatic N) is 1. The lowest BCUT2D eigenvalue weighted by molar-refractivity contribution is -0.138. The van der Waals surface area contributed by atoms with E-state index in [0.717, 1.165) is 0 Å². The minimum atomic E-state index is -0.115. The Balaban J connectivity index is 2.58. The zero-order valence-electron chi connectivity index (χ0n) is 7.00. The van der Waals surface area contributed by atoms with Crippen molar-refractivity contribution in [3.63, 3.8) is 0 Å². The third-order valence-electron chi connectivity index (χ3n) is 1.86. The summed E-state index contributed by atoms with van der Waals surface area (Å²) in [6.45, 7) is 0.709. The van der Waals surface area contributed by atoms with Gasteiger partial charge in [0.05, 0.1) is 5.66 Å². The topological polar surface area (TPSA) is 63.4 Å². The fraction of sp³-hybridized carbons (Fsp3) is 0.667. The summed E-state index contributed by atoms with van der Waals surface area (Å²) in [5, 5.41) is 0. The number of rotatable bonds is 4. The van der Waals surface area contributed by atoms with E-state index in [9.17, 15) is 9.59 Å². The standard InChI is InChI=1S/C6H10BIN2O2P/c8-7-13-4-3-5(11)10(2-1-9)6(4)12/h4,13H,1-3,9H2. The summed E-state index contributed by atoms with van der Waals surface area (Å²) in [5.41, 5.74) is 5.18. The Bertz CT molecular complexity index is 229. The molecule has 0 bridgehead atoms. The van der Waals surface area contributed by atoms with Gasteiger partial charge in [-0.2, -0.15) is 22.4 Å². The van der Waals surface area contributed by atoms with Crippen LogP contribution in [-0.4, -0.2) is 40.3 Å². The SMILES string of the molecule is NCCN1C(=O)CC(P[B]I)C1=O. The van der Waals surface area contributed by atoms with Gasteiger partial charge in [-0.3, -0.25) is 14.5 Å². The quantitative estimate of drug-likeness (QED) is 0.336. The molecule has 1 saturated heterocycles. The van der Waals surface area contributed by atoms with Crippen LogP contribution >= 0.6 is 30.8 Å². The molecule has 13 heavy (non-hydrogen) atoms. The number of halogens is 1. The molecule has 0 aromatic carbocycles. The molecule has 0 aromatic rings. The van der Waals surface area contributed by atoms with Crippen LogP contribution in [0.1, 0.15) is 6.42 Å². The normalized spacial score (nSPS) is 23.5. The maximum Gasteiger partial charge on any atom is 0.236 e. The van der Waals surface area contributed by atoms with Crippen LogP contribution in [0.4, 0.5) is 0 Å². The smallest absolute Gasteiger partial charge is 0.236 e. The van der Waals surface area contributed by atoms with Gasteiger partial charge in [-0.15, -0.1) is 8.46 Å². The van der Waals surface area contributed by atoms with Crippen LogP contribution in [0.15, 0.2) is 0 Å². The molecule has 0 aliphatic carbocycles. The first-order chi connectivity index (χ1) is 6.20. The Kier molecular flexibility index (Phi) is 4.62. The van der Waals surface area contributed by atoms with Gasteiger partial charge in [0.1, 0.15) is 0 Å². The summed E-state index contributed by atoms with van der Waals surface area (Å²) in [5.74, 6) is -0.132. The minimum Gasteiger partial charge on any atom is -0.329 e. The van der Waals surface area contributed by atoms with Gasteiger partial charge in [0.25, 0.3) is 0 Å². The molecule has 1 radical (unpaired) electrons. The number of carbonyl (C=O) groups is 2. The van der Waals surface area contributed by atoms with E-state index in [-0.39, 0.29) is 17.5 Å². The van der Waals surface area contributed by atoms with E-state index in [1.54, 1.807) is 0 Å². The number of carbonyl (C=O) groups excluding carboxylic acids is 2. The van der Waals surface area contributed by atoms with Crippen LogP contribution in [0.2, 0.25) is 0 Å². The van der Waals surface area contributed by atoms with E-state index in [4.69, 9.17) is 5.73 Å². The van der Waals surface area contributed by atoms with Crippen molar-refractivity contribution in [1.29, 1.82) is 0 Å². The molecule has 1 aliphatic heterocycles. The maximum atomic E-state index is 11.5. The van der Waals surface area contributed by atoms with E-state index in [1.807, 2.05) is 4.86 Å². The van der Waals surface area contributed by atoms with E-state index >= 15 is 0 Å². The molecule has 7 heteroatoms. The third-order valence-corrected chi connectivity index (χ3v) is 3.92. The number of imide groups is 1. The second-order valence-corrected chi connectivity index (χ2v) is 5.82. The molecule has 2 amide bonds. The third kappa shape index (κ3) is 2.64. The molecule has 0 saturated carbocycles. The van der Waals surface area contributed by atoms with Gasteiger partial charge in [0.15, 0.2) is 0 Å². The minimum absolute atomic E-state index is 0.0540. The Morgan fingerprint density at radius 3 is 2.92 bits per heavy atom. The van der Waals surface area contributed by atoms with E-state index < -0.39 is 0 Å². The van der Waals surface area contributed by atoms with Crippen molar-refractivity contribution in [2.24, 2.45) is 5.73 Å². The van der Waals surface area contributed by atoms with Crippen molar-refractivity contribution in [3.8, 4) is 0 Å². The molecular formula is C6H10BIN2O2P. The van der Waals surface area contributed by atoms with Crippen LogP contribution in [0, 0.1) is 0 Å². The average molecular weight is 311 g/mol. The Morgan fingerprint density at radius 1 is 1.69 bits per heavy atom. The number of nitrogens with two attached hydrogens (primary N) is 1. The summed E-state index contributed by atoms with van der Waals surface area (Å²) in [6.07, 6.45) is 0.358. The molecule has 2 atom stereocenters. The molecule has 1 heterocycles. The predicted molar refractivity (Wildman–Crippen MR) is 62.3 cm³/mol. The largest absolute Gasteiger partial charge is 0.329 e. The Hall–Kier alpha value is 0.325. The van der Waals surface area contributed by atoms with Gasteiger partial charge >= 0.3 is 0 Å². The number of hydrogen-bond donors (Lipinski definition) is 1. The van der Waals surface area contributed by atoms with Gasteiger partial charge in [0, 0.05) is 19.5 Å². The lowest BCUT2D eigenvalue weighted by Crippen LogP contribution is -2.35. The number of amides is 2. The molecule has 1 aliphatic rings. The van der Waals surface area contributed by atoms with Crippen LogP contribution in [-0.2, 0) is 9.59 Å². The van der Waals surface area contributed by atoms with E-state index in [0.29, 0.717) is 28.0 Å². The fourth-order valence-corrected chi connectivity index (χ4v) is 3.30. The zero-order chi connectivity index (χ0) is 9.84. The Labute approximate surface area is 92.8 Å². The molecular weight excluding hydrogens is 301 g/mol. The molecule has 1 fully saturated rings. The van der Waals surface area contributed by atoms with Gasteiger partial charge in [-0.05, 0) is 0 Å². The molecule has 1 rings (SSSR count). The summed E-state index contributed by atoms with van der Waals surface area (Å²) in [7, 11) is 0.434. The Morgan fingerprint density at radius 2 is 2.38 bits per heavy atom. The molecule has 0 spiro atoms. The second kappa shape index (κ2) is 5.27. The molecule has 4 nitrogen and oxygen atoms in total. The van der Waals surface area contributed by atoms with Gasteiger partial charge < -0.3 is 5.73 Å². The first kappa shape index (κ1) is 11.4. The van der Waals surface area contributed by atoms with Gasteiger partial charge in [-0.25, -0.2) is 0 Å². The highest BCUT2D eigenvalue weighted by atomic mass is 127. The van der Waals surface area contributed by atoms with Crippen molar-refractivity contribution >= 4 is 47.5 Å². The fourth-order valence-electron chi connectivity index (χ4n) is 1.25. The summed E-state index contributed by atoms with van der Waals surface area (Å²) >= 11 is 2.10. The summed E-state index contributed by atoms with van der Waals surface area (Å²) in [6, 6.07) is 0. The number of likely N-dealkylation sites (tertiary alicyclic amines) is 1. The predicted octanol–water partition coefficient (Wildman–Crippen LogP) is -0.280. The van der Waals surface area contributed by atoms with E-state index in [2.05, 4.69) is 22.4 Å².